The molecule has 0 aliphatic rings. The summed E-state index contributed by atoms with van der Waals surface area (Å²) in [5.74, 6) is -0.379. The minimum Gasteiger partial charge on any atom is -0.462 e. The van der Waals surface area contributed by atoms with Gasteiger partial charge in [0.1, 0.15) is 21.4 Å². The summed E-state index contributed by atoms with van der Waals surface area (Å²) in [4.78, 5) is 37.6. The van der Waals surface area contributed by atoms with E-state index in [-0.39, 0.29) is 27.6 Å². The first-order valence-corrected chi connectivity index (χ1v) is 10.0. The number of hydrogen-bond donors (Lipinski definition) is 1. The number of anilines is 1. The minimum atomic E-state index is -0.613. The molecule has 1 amide bonds. The third kappa shape index (κ3) is 6.05. The highest BCUT2D eigenvalue weighted by Crippen LogP contribution is 2.34. The summed E-state index contributed by atoms with van der Waals surface area (Å²) >= 11 is 0.981. The predicted octanol–water partition coefficient (Wildman–Crippen LogP) is 4.74. The number of furan rings is 1. The van der Waals surface area contributed by atoms with E-state index >= 15 is 0 Å². The van der Waals surface area contributed by atoms with Crippen LogP contribution in [0.2, 0.25) is 0 Å². The average molecular weight is 419 g/mol. The first-order valence-electron chi connectivity index (χ1n) is 9.19. The highest BCUT2D eigenvalue weighted by molar-refractivity contribution is 7.18. The van der Waals surface area contributed by atoms with Crippen molar-refractivity contribution in [2.24, 2.45) is 0 Å². The van der Waals surface area contributed by atoms with Crippen molar-refractivity contribution in [2.45, 2.75) is 53.8 Å². The third-order valence-corrected chi connectivity index (χ3v) is 4.81. The Morgan fingerprint density at radius 2 is 1.66 bits per heavy atom. The summed E-state index contributed by atoms with van der Waals surface area (Å²) in [5.41, 5.74) is 0.558. The highest BCUT2D eigenvalue weighted by Gasteiger charge is 2.28. The van der Waals surface area contributed by atoms with Crippen LogP contribution in [0.3, 0.4) is 0 Å². The van der Waals surface area contributed by atoms with Crippen LogP contribution in [-0.2, 0) is 14.3 Å². The van der Waals surface area contributed by atoms with Gasteiger partial charge in [-0.25, -0.2) is 9.59 Å². The molecule has 0 fully saturated rings. The number of esters is 2. The molecule has 0 unspecified atom stereocenters. The fourth-order valence-corrected chi connectivity index (χ4v) is 3.52. The highest BCUT2D eigenvalue weighted by atomic mass is 32.1. The van der Waals surface area contributed by atoms with E-state index in [1.807, 2.05) is 0 Å². The van der Waals surface area contributed by atoms with E-state index in [4.69, 9.17) is 13.9 Å². The molecule has 0 spiro atoms. The van der Waals surface area contributed by atoms with Crippen molar-refractivity contribution in [3.05, 3.63) is 45.7 Å². The second kappa shape index (κ2) is 9.56. The number of thiophene rings is 1. The summed E-state index contributed by atoms with van der Waals surface area (Å²) < 4.78 is 15.9. The number of ether oxygens (including phenoxy) is 2. The van der Waals surface area contributed by atoms with Gasteiger partial charge in [-0.05, 0) is 65.3 Å². The second-order valence-corrected chi connectivity index (χ2v) is 7.96. The van der Waals surface area contributed by atoms with Crippen LogP contribution >= 0.6 is 11.3 Å². The van der Waals surface area contributed by atoms with Crippen molar-refractivity contribution in [1.29, 1.82) is 0 Å². The van der Waals surface area contributed by atoms with E-state index in [0.717, 1.165) is 17.1 Å². The van der Waals surface area contributed by atoms with Crippen LogP contribution in [0.4, 0.5) is 5.00 Å². The number of hydrogen-bond acceptors (Lipinski definition) is 7. The lowest BCUT2D eigenvalue weighted by Gasteiger charge is -2.10. The molecule has 0 aromatic carbocycles. The van der Waals surface area contributed by atoms with Gasteiger partial charge in [0.15, 0.2) is 0 Å². The maximum atomic E-state index is 12.6. The fourth-order valence-electron chi connectivity index (χ4n) is 2.44. The molecule has 2 rings (SSSR count). The van der Waals surface area contributed by atoms with Crippen LogP contribution in [0, 0.1) is 13.8 Å². The molecule has 156 valence electrons. The molecule has 0 bridgehead atoms. The lowest BCUT2D eigenvalue weighted by atomic mass is 10.1. The molecule has 2 heterocycles. The van der Waals surface area contributed by atoms with Gasteiger partial charge < -0.3 is 19.2 Å². The zero-order valence-corrected chi connectivity index (χ0v) is 18.1. The molecule has 0 radical (unpaired) electrons. The van der Waals surface area contributed by atoms with E-state index in [2.05, 4.69) is 5.32 Å². The quantitative estimate of drug-likeness (QED) is 0.514. The van der Waals surface area contributed by atoms with Crippen LogP contribution < -0.4 is 5.32 Å². The van der Waals surface area contributed by atoms with Gasteiger partial charge in [0.2, 0.25) is 5.91 Å². The first kappa shape index (κ1) is 22.4. The summed E-state index contributed by atoms with van der Waals surface area (Å²) in [7, 11) is 0. The van der Waals surface area contributed by atoms with Crippen molar-refractivity contribution in [3.8, 4) is 0 Å². The van der Waals surface area contributed by atoms with Gasteiger partial charge >= 0.3 is 11.9 Å². The van der Waals surface area contributed by atoms with Crippen molar-refractivity contribution >= 4 is 40.3 Å². The summed E-state index contributed by atoms with van der Waals surface area (Å²) in [6.07, 6.45) is 2.14. The molecule has 0 aliphatic heterocycles. The standard InChI is InChI=1S/C21H25NO6S/c1-11(2)26-20(24)17-14(6)18(21(25)27-12(3)4)29-19(17)22-16(23)10-9-15-8-7-13(5)28-15/h7-12H,1-6H3,(H,22,23)/b10-9+. The second-order valence-electron chi connectivity index (χ2n) is 6.94. The lowest BCUT2D eigenvalue weighted by molar-refractivity contribution is -0.111. The number of carbonyl (C=O) groups excluding carboxylic acids is 3. The van der Waals surface area contributed by atoms with Gasteiger partial charge in [-0.2, -0.15) is 0 Å². The number of rotatable bonds is 7. The summed E-state index contributed by atoms with van der Waals surface area (Å²) in [6, 6.07) is 3.52. The maximum Gasteiger partial charge on any atom is 0.348 e. The van der Waals surface area contributed by atoms with Gasteiger partial charge in [-0.15, -0.1) is 11.3 Å². The van der Waals surface area contributed by atoms with Crippen LogP contribution in [-0.4, -0.2) is 30.1 Å². The van der Waals surface area contributed by atoms with Crippen LogP contribution in [0.15, 0.2) is 22.6 Å². The van der Waals surface area contributed by atoms with E-state index in [1.54, 1.807) is 53.7 Å². The van der Waals surface area contributed by atoms with Crippen molar-refractivity contribution < 1.29 is 28.3 Å². The molecule has 8 heteroatoms. The Labute approximate surface area is 173 Å². The molecule has 0 saturated carbocycles. The van der Waals surface area contributed by atoms with E-state index in [9.17, 15) is 14.4 Å². The molecule has 7 nitrogen and oxygen atoms in total. The van der Waals surface area contributed by atoms with Gasteiger partial charge in [-0.3, -0.25) is 4.79 Å². The van der Waals surface area contributed by atoms with Crippen molar-refractivity contribution in [3.63, 3.8) is 0 Å². The van der Waals surface area contributed by atoms with Gasteiger partial charge in [-0.1, -0.05) is 0 Å². The SMILES string of the molecule is Cc1ccc(/C=C/C(=O)Nc2sc(C(=O)OC(C)C)c(C)c2C(=O)OC(C)C)o1. The third-order valence-electron chi connectivity index (χ3n) is 3.62. The first-order chi connectivity index (χ1) is 13.6. The molecule has 2 aromatic heterocycles. The maximum absolute atomic E-state index is 12.6. The fraction of sp³-hybridized carbons (Fsp3) is 0.381. The van der Waals surface area contributed by atoms with Gasteiger partial charge in [0.25, 0.3) is 0 Å². The van der Waals surface area contributed by atoms with E-state index in [0.29, 0.717) is 11.3 Å². The van der Waals surface area contributed by atoms with Crippen LogP contribution in [0.1, 0.15) is 64.8 Å². The monoisotopic (exact) mass is 419 g/mol. The zero-order valence-electron chi connectivity index (χ0n) is 17.3. The number of nitrogens with one attached hydrogen (secondary N) is 1. The van der Waals surface area contributed by atoms with Crippen LogP contribution in [0.25, 0.3) is 6.08 Å². The Morgan fingerprint density at radius 3 is 2.21 bits per heavy atom. The van der Waals surface area contributed by atoms with E-state index in [1.165, 1.54) is 12.2 Å². The van der Waals surface area contributed by atoms with E-state index < -0.39 is 17.8 Å². The van der Waals surface area contributed by atoms with Crippen molar-refractivity contribution in [2.75, 3.05) is 5.32 Å². The molecular weight excluding hydrogens is 394 g/mol. The molecule has 1 N–H and O–H groups in total. The molecule has 0 aliphatic carbocycles. The smallest absolute Gasteiger partial charge is 0.348 e. The predicted molar refractivity (Wildman–Crippen MR) is 111 cm³/mol. The Balaban J connectivity index is 2.32. The topological polar surface area (TPSA) is 94.8 Å². The molecule has 29 heavy (non-hydrogen) atoms. The molecule has 0 saturated heterocycles. The van der Waals surface area contributed by atoms with Crippen LogP contribution in [0.5, 0.6) is 0 Å². The Bertz CT molecular complexity index is 935. The van der Waals surface area contributed by atoms with Gasteiger partial charge in [0.05, 0.1) is 17.8 Å². The largest absolute Gasteiger partial charge is 0.462 e. The van der Waals surface area contributed by atoms with Crippen molar-refractivity contribution in [1.82, 2.24) is 0 Å². The Kier molecular flexibility index (Phi) is 7.39. The normalized spacial score (nSPS) is 11.3. The molecule has 0 atom stereocenters. The lowest BCUT2D eigenvalue weighted by Crippen LogP contribution is -2.16. The number of amides is 1. The summed E-state index contributed by atoms with van der Waals surface area (Å²) in [6.45, 7) is 10.3. The zero-order chi connectivity index (χ0) is 21.7. The number of carbonyl (C=O) groups is 3. The average Bonchev–Trinajstić information content (AvgIpc) is 3.15. The number of aryl methyl sites for hydroxylation is 1. The molecule has 2 aromatic rings. The summed E-state index contributed by atoms with van der Waals surface area (Å²) in [5, 5.41) is 2.88. The Hall–Kier alpha value is -2.87. The van der Waals surface area contributed by atoms with Gasteiger partial charge in [0, 0.05) is 6.08 Å². The Morgan fingerprint density at radius 1 is 1.03 bits per heavy atom. The minimum absolute atomic E-state index is 0.148. The molecular formula is C21H25NO6S.